The molecule has 2 heterocycles. The van der Waals surface area contributed by atoms with Gasteiger partial charge in [0.2, 0.25) is 0 Å². The second kappa shape index (κ2) is 7.64. The van der Waals surface area contributed by atoms with E-state index in [-0.39, 0.29) is 5.92 Å². The Kier molecular flexibility index (Phi) is 5.46. The van der Waals surface area contributed by atoms with Gasteiger partial charge in [0.25, 0.3) is 0 Å². The van der Waals surface area contributed by atoms with E-state index in [0.29, 0.717) is 12.2 Å². The average molecular weight is 385 g/mol. The lowest BCUT2D eigenvalue weighted by Crippen LogP contribution is -2.14. The van der Waals surface area contributed by atoms with Gasteiger partial charge in [-0.05, 0) is 44.4 Å². The number of hydrogen-bond acceptors (Lipinski definition) is 6. The van der Waals surface area contributed by atoms with Crippen molar-refractivity contribution in [2.24, 2.45) is 0 Å². The Morgan fingerprint density at radius 1 is 1.19 bits per heavy atom. The quantitative estimate of drug-likeness (QED) is 0.558. The van der Waals surface area contributed by atoms with Crippen molar-refractivity contribution in [3.63, 3.8) is 0 Å². The van der Waals surface area contributed by atoms with E-state index in [4.69, 9.17) is 14.5 Å². The van der Waals surface area contributed by atoms with Crippen molar-refractivity contribution in [2.75, 3.05) is 7.11 Å². The SMILES string of the molecule is COC(=O)Oc1c(C)c(C)nc(C(C)C)c1Cc1ccc2sc(C)nc2c1. The minimum Gasteiger partial charge on any atom is -0.437 e. The highest BCUT2D eigenvalue weighted by molar-refractivity contribution is 7.18. The van der Waals surface area contributed by atoms with Crippen molar-refractivity contribution in [3.05, 3.63) is 51.3 Å². The minimum atomic E-state index is -0.717. The van der Waals surface area contributed by atoms with Gasteiger partial charge >= 0.3 is 6.16 Å². The summed E-state index contributed by atoms with van der Waals surface area (Å²) in [6.45, 7) is 10.0. The van der Waals surface area contributed by atoms with Gasteiger partial charge in [0, 0.05) is 23.2 Å². The van der Waals surface area contributed by atoms with E-state index in [1.807, 2.05) is 20.8 Å². The molecule has 27 heavy (non-hydrogen) atoms. The first-order chi connectivity index (χ1) is 12.8. The van der Waals surface area contributed by atoms with E-state index < -0.39 is 6.16 Å². The molecule has 0 bridgehead atoms. The topological polar surface area (TPSA) is 61.3 Å². The van der Waals surface area contributed by atoms with Crippen LogP contribution >= 0.6 is 11.3 Å². The molecule has 5 nitrogen and oxygen atoms in total. The Bertz CT molecular complexity index is 1010. The lowest BCUT2D eigenvalue weighted by Gasteiger charge is -2.19. The molecule has 3 aromatic rings. The Morgan fingerprint density at radius 3 is 2.59 bits per heavy atom. The third kappa shape index (κ3) is 3.95. The number of aryl methyl sites for hydroxylation is 2. The van der Waals surface area contributed by atoms with Crippen LogP contribution in [0, 0.1) is 20.8 Å². The zero-order valence-corrected chi connectivity index (χ0v) is 17.4. The Morgan fingerprint density at radius 2 is 1.93 bits per heavy atom. The van der Waals surface area contributed by atoms with Gasteiger partial charge in [-0.1, -0.05) is 19.9 Å². The molecule has 0 amide bonds. The number of pyridine rings is 1. The molecule has 0 atom stereocenters. The number of fused-ring (bicyclic) bond motifs is 1. The fraction of sp³-hybridized carbons (Fsp3) is 0.381. The number of thiazole rings is 1. The zero-order valence-electron chi connectivity index (χ0n) is 16.5. The molecule has 0 fully saturated rings. The normalized spacial score (nSPS) is 11.2. The van der Waals surface area contributed by atoms with Crippen molar-refractivity contribution in [3.8, 4) is 5.75 Å². The molecule has 6 heteroatoms. The molecule has 0 aliphatic heterocycles. The molecule has 2 aromatic heterocycles. The second-order valence-electron chi connectivity index (χ2n) is 6.94. The summed E-state index contributed by atoms with van der Waals surface area (Å²) in [4.78, 5) is 21.2. The first-order valence-corrected chi connectivity index (χ1v) is 9.73. The number of methoxy groups -OCH3 is 1. The second-order valence-corrected chi connectivity index (χ2v) is 8.17. The number of rotatable bonds is 4. The summed E-state index contributed by atoms with van der Waals surface area (Å²) in [6, 6.07) is 6.29. The smallest absolute Gasteiger partial charge is 0.437 e. The van der Waals surface area contributed by atoms with Crippen molar-refractivity contribution in [1.29, 1.82) is 0 Å². The first kappa shape index (κ1) is 19.3. The van der Waals surface area contributed by atoms with Crippen LogP contribution < -0.4 is 4.74 Å². The highest BCUT2D eigenvalue weighted by Gasteiger charge is 2.22. The standard InChI is InChI=1S/C21H24N2O3S/c1-11(2)19-16(20(26-21(24)25-6)12(3)13(4)22-19)9-15-7-8-18-17(10-15)23-14(5)27-18/h7-8,10-11H,9H2,1-6H3. The Hall–Kier alpha value is -2.47. The predicted molar refractivity (Wildman–Crippen MR) is 108 cm³/mol. The lowest BCUT2D eigenvalue weighted by molar-refractivity contribution is 0.120. The molecule has 0 aliphatic rings. The summed E-state index contributed by atoms with van der Waals surface area (Å²) in [5.41, 5.74) is 5.66. The molecule has 0 aliphatic carbocycles. The molecule has 0 saturated carbocycles. The van der Waals surface area contributed by atoms with E-state index in [0.717, 1.165) is 38.6 Å². The average Bonchev–Trinajstić information content (AvgIpc) is 2.99. The number of benzene rings is 1. The van der Waals surface area contributed by atoms with Crippen LogP contribution in [0.1, 0.15) is 52.9 Å². The minimum absolute atomic E-state index is 0.199. The van der Waals surface area contributed by atoms with Crippen LogP contribution in [0.5, 0.6) is 5.75 Å². The Labute approximate surface area is 163 Å². The highest BCUT2D eigenvalue weighted by Crippen LogP contribution is 2.34. The number of hydrogen-bond donors (Lipinski definition) is 0. The molecule has 3 rings (SSSR count). The molecule has 0 N–H and O–H groups in total. The van der Waals surface area contributed by atoms with E-state index in [1.54, 1.807) is 11.3 Å². The van der Waals surface area contributed by atoms with E-state index in [1.165, 1.54) is 11.8 Å². The number of carbonyl (C=O) groups is 1. The fourth-order valence-electron chi connectivity index (χ4n) is 3.15. The van der Waals surface area contributed by atoms with Gasteiger partial charge in [0.15, 0.2) is 0 Å². The van der Waals surface area contributed by atoms with Gasteiger partial charge in [0.05, 0.1) is 28.0 Å². The number of aromatic nitrogens is 2. The van der Waals surface area contributed by atoms with Crippen LogP contribution in [0.3, 0.4) is 0 Å². The third-order valence-corrected chi connectivity index (χ3v) is 5.55. The molecular formula is C21H24N2O3S. The highest BCUT2D eigenvalue weighted by atomic mass is 32.1. The van der Waals surface area contributed by atoms with Crippen molar-refractivity contribution < 1.29 is 14.3 Å². The van der Waals surface area contributed by atoms with Gasteiger partial charge in [-0.3, -0.25) is 4.98 Å². The first-order valence-electron chi connectivity index (χ1n) is 8.92. The van der Waals surface area contributed by atoms with E-state index >= 15 is 0 Å². The molecule has 0 unspecified atom stereocenters. The van der Waals surface area contributed by atoms with Crippen molar-refractivity contribution in [2.45, 2.75) is 47.0 Å². The number of nitrogens with zero attached hydrogens (tertiary/aromatic N) is 2. The zero-order chi connectivity index (χ0) is 19.7. The predicted octanol–water partition coefficient (Wildman–Crippen LogP) is 5.48. The summed E-state index contributed by atoms with van der Waals surface area (Å²) in [5, 5.41) is 1.05. The largest absolute Gasteiger partial charge is 0.513 e. The molecule has 0 saturated heterocycles. The third-order valence-electron chi connectivity index (χ3n) is 4.59. The Balaban J connectivity index is 2.12. The summed E-state index contributed by atoms with van der Waals surface area (Å²) in [5.74, 6) is 0.747. The maximum Gasteiger partial charge on any atom is 0.513 e. The summed E-state index contributed by atoms with van der Waals surface area (Å²) >= 11 is 1.68. The molecule has 0 spiro atoms. The van der Waals surface area contributed by atoms with E-state index in [9.17, 15) is 4.79 Å². The van der Waals surface area contributed by atoms with Gasteiger partial charge in [0.1, 0.15) is 5.75 Å². The van der Waals surface area contributed by atoms with Crippen LogP contribution in [0.4, 0.5) is 4.79 Å². The molecule has 0 radical (unpaired) electrons. The van der Waals surface area contributed by atoms with Gasteiger partial charge in [-0.15, -0.1) is 11.3 Å². The molecule has 1 aromatic carbocycles. The fourth-order valence-corrected chi connectivity index (χ4v) is 3.96. The van der Waals surface area contributed by atoms with Crippen LogP contribution in [0.25, 0.3) is 10.2 Å². The molecule has 142 valence electrons. The van der Waals surface area contributed by atoms with Crippen molar-refractivity contribution in [1.82, 2.24) is 9.97 Å². The van der Waals surface area contributed by atoms with Crippen LogP contribution in [-0.4, -0.2) is 23.2 Å². The monoisotopic (exact) mass is 384 g/mol. The number of carbonyl (C=O) groups excluding carboxylic acids is 1. The van der Waals surface area contributed by atoms with Crippen molar-refractivity contribution >= 4 is 27.7 Å². The van der Waals surface area contributed by atoms with Gasteiger partial charge in [-0.2, -0.15) is 0 Å². The maximum atomic E-state index is 11.8. The summed E-state index contributed by atoms with van der Waals surface area (Å²) in [7, 11) is 1.31. The van der Waals surface area contributed by atoms with Crippen LogP contribution in [-0.2, 0) is 11.2 Å². The van der Waals surface area contributed by atoms with Gasteiger partial charge < -0.3 is 9.47 Å². The van der Waals surface area contributed by atoms with Crippen LogP contribution in [0.2, 0.25) is 0 Å². The molecular weight excluding hydrogens is 360 g/mol. The maximum absolute atomic E-state index is 11.8. The summed E-state index contributed by atoms with van der Waals surface area (Å²) < 4.78 is 11.4. The lowest BCUT2D eigenvalue weighted by atomic mass is 9.94. The summed E-state index contributed by atoms with van der Waals surface area (Å²) in [6.07, 6.45) is -0.106. The van der Waals surface area contributed by atoms with E-state index in [2.05, 4.69) is 37.0 Å². The van der Waals surface area contributed by atoms with Gasteiger partial charge in [-0.25, -0.2) is 9.78 Å². The van der Waals surface area contributed by atoms with Crippen LogP contribution in [0.15, 0.2) is 18.2 Å². The number of ether oxygens (including phenoxy) is 2.